The van der Waals surface area contributed by atoms with Crippen LogP contribution in [0.2, 0.25) is 0 Å². The van der Waals surface area contributed by atoms with Crippen molar-refractivity contribution in [1.82, 2.24) is 0 Å². The minimum Gasteiger partial charge on any atom is -0.463 e. The molecule has 5 N–H and O–H groups in total. The van der Waals surface area contributed by atoms with E-state index < -0.39 is 43.6 Å². The Kier molecular flexibility index (Phi) is 20.2. The highest BCUT2D eigenvalue weighted by atomic mass is 16.5. The van der Waals surface area contributed by atoms with Crippen molar-refractivity contribution >= 4 is 5.97 Å². The molecule has 0 aliphatic heterocycles. The molecule has 0 amide bonds. The van der Waals surface area contributed by atoms with Crippen LogP contribution in [0.1, 0.15) is 96.8 Å². The van der Waals surface area contributed by atoms with E-state index in [0.717, 1.165) is 32.1 Å². The molecule has 0 unspecified atom stereocenters. The Hall–Kier alpha value is -0.990. The van der Waals surface area contributed by atoms with Crippen LogP contribution in [0.4, 0.5) is 0 Å². The predicted octanol–water partition coefficient (Wildman–Crippen LogP) is 3.00. The van der Waals surface area contributed by atoms with E-state index in [1.54, 1.807) is 0 Å². The lowest BCUT2D eigenvalue weighted by Crippen LogP contribution is -2.47. The number of esters is 1. The molecule has 31 heavy (non-hydrogen) atoms. The summed E-state index contributed by atoms with van der Waals surface area (Å²) < 4.78 is 4.89. The number of unbranched alkanes of at least 4 members (excludes halogenated alkanes) is 11. The lowest BCUT2D eigenvalue weighted by molar-refractivity contribution is -0.156. The van der Waals surface area contributed by atoms with Crippen LogP contribution in [0.15, 0.2) is 12.2 Å². The maximum Gasteiger partial charge on any atom is 0.305 e. The zero-order valence-corrected chi connectivity index (χ0v) is 19.3. The van der Waals surface area contributed by atoms with Crippen LogP contribution in [0.5, 0.6) is 0 Å². The number of hydrogen-bond donors (Lipinski definition) is 5. The van der Waals surface area contributed by atoms with Crippen molar-refractivity contribution in [2.45, 2.75) is 121 Å². The van der Waals surface area contributed by atoms with Crippen LogP contribution in [-0.2, 0) is 9.53 Å². The maximum atomic E-state index is 11.7. The molecule has 0 heterocycles. The summed E-state index contributed by atoms with van der Waals surface area (Å²) in [6.45, 7) is 1.02. The first kappa shape index (κ1) is 30.0. The van der Waals surface area contributed by atoms with Gasteiger partial charge in [-0.3, -0.25) is 4.79 Å². The van der Waals surface area contributed by atoms with Crippen molar-refractivity contribution in [3.63, 3.8) is 0 Å². The standard InChI is InChI=1S/C24H46O7/c1-2-3-4-5-6-7-8-9-10-11-12-13-14-15-16-17-22(28)31-19-21(27)24(30)23(29)20(26)18-25/h9-10,20-21,23-27,29-30H,2-8,11-19H2,1H3/b10-9-/t20-,21+,23-,24-/m1/s1. The van der Waals surface area contributed by atoms with Crippen LogP contribution in [-0.4, -0.2) is 69.1 Å². The lowest BCUT2D eigenvalue weighted by atomic mass is 10.0. The zero-order valence-electron chi connectivity index (χ0n) is 19.3. The van der Waals surface area contributed by atoms with Gasteiger partial charge in [0, 0.05) is 6.42 Å². The fourth-order valence-corrected chi connectivity index (χ4v) is 3.25. The Morgan fingerprint density at radius 2 is 1.23 bits per heavy atom. The molecule has 0 aromatic carbocycles. The molecule has 7 nitrogen and oxygen atoms in total. The number of aliphatic hydroxyl groups excluding tert-OH is 5. The normalized spacial score (nSPS) is 15.7. The van der Waals surface area contributed by atoms with E-state index in [1.807, 2.05) is 0 Å². The van der Waals surface area contributed by atoms with E-state index in [2.05, 4.69) is 19.1 Å². The van der Waals surface area contributed by atoms with Crippen LogP contribution in [0.3, 0.4) is 0 Å². The van der Waals surface area contributed by atoms with Gasteiger partial charge in [0.1, 0.15) is 31.0 Å². The third-order valence-electron chi connectivity index (χ3n) is 5.38. The zero-order chi connectivity index (χ0) is 23.3. The molecule has 0 aromatic heterocycles. The highest BCUT2D eigenvalue weighted by Gasteiger charge is 2.30. The first-order valence-electron chi connectivity index (χ1n) is 12.1. The van der Waals surface area contributed by atoms with Crippen molar-refractivity contribution in [2.24, 2.45) is 0 Å². The summed E-state index contributed by atoms with van der Waals surface area (Å²) in [5, 5.41) is 46.8. The van der Waals surface area contributed by atoms with Crippen LogP contribution >= 0.6 is 0 Å². The summed E-state index contributed by atoms with van der Waals surface area (Å²) in [6.07, 6.45) is 13.5. The fourth-order valence-electron chi connectivity index (χ4n) is 3.25. The van der Waals surface area contributed by atoms with Crippen molar-refractivity contribution in [3.8, 4) is 0 Å². The Morgan fingerprint density at radius 1 is 0.742 bits per heavy atom. The molecule has 0 bridgehead atoms. The second kappa shape index (κ2) is 20.9. The van der Waals surface area contributed by atoms with E-state index in [0.29, 0.717) is 6.42 Å². The second-order valence-corrected chi connectivity index (χ2v) is 8.32. The van der Waals surface area contributed by atoms with E-state index >= 15 is 0 Å². The van der Waals surface area contributed by atoms with Gasteiger partial charge in [-0.1, -0.05) is 70.4 Å². The molecular weight excluding hydrogens is 400 g/mol. The summed E-state index contributed by atoms with van der Waals surface area (Å²) in [6, 6.07) is 0. The van der Waals surface area contributed by atoms with Crippen LogP contribution in [0.25, 0.3) is 0 Å². The van der Waals surface area contributed by atoms with Gasteiger partial charge in [-0.2, -0.15) is 0 Å². The molecular formula is C24H46O7. The minimum atomic E-state index is -1.72. The Bertz CT molecular complexity index is 442. The van der Waals surface area contributed by atoms with Gasteiger partial charge in [0.2, 0.25) is 0 Å². The first-order chi connectivity index (χ1) is 14.9. The minimum absolute atomic E-state index is 0.239. The van der Waals surface area contributed by atoms with E-state index in [1.165, 1.54) is 44.9 Å². The molecule has 0 aliphatic carbocycles. The van der Waals surface area contributed by atoms with Gasteiger partial charge in [0.15, 0.2) is 0 Å². The molecule has 4 atom stereocenters. The average Bonchev–Trinajstić information content (AvgIpc) is 2.78. The van der Waals surface area contributed by atoms with E-state index in [-0.39, 0.29) is 6.42 Å². The molecule has 0 aliphatic rings. The second-order valence-electron chi connectivity index (χ2n) is 8.32. The predicted molar refractivity (Wildman–Crippen MR) is 122 cm³/mol. The number of aliphatic hydroxyl groups is 5. The number of carbonyl (C=O) groups excluding carboxylic acids is 1. The SMILES string of the molecule is CCCCCCCC/C=C\CCCCCCCC(=O)OC[C@H](O)[C@@H](O)[C@H](O)[C@H](O)CO. The van der Waals surface area contributed by atoms with Gasteiger partial charge in [-0.05, 0) is 32.1 Å². The summed E-state index contributed by atoms with van der Waals surface area (Å²) >= 11 is 0. The van der Waals surface area contributed by atoms with Crippen molar-refractivity contribution in [1.29, 1.82) is 0 Å². The Morgan fingerprint density at radius 3 is 1.77 bits per heavy atom. The largest absolute Gasteiger partial charge is 0.463 e. The number of rotatable bonds is 21. The quantitative estimate of drug-likeness (QED) is 0.104. The summed E-state index contributed by atoms with van der Waals surface area (Å²) in [5.41, 5.74) is 0. The van der Waals surface area contributed by atoms with Crippen LogP contribution < -0.4 is 0 Å². The first-order valence-corrected chi connectivity index (χ1v) is 12.1. The topological polar surface area (TPSA) is 127 Å². The van der Waals surface area contributed by atoms with E-state index in [4.69, 9.17) is 9.84 Å². The highest BCUT2D eigenvalue weighted by molar-refractivity contribution is 5.69. The number of ether oxygens (including phenoxy) is 1. The molecule has 0 saturated heterocycles. The molecule has 7 heteroatoms. The van der Waals surface area contributed by atoms with Crippen molar-refractivity contribution in [3.05, 3.63) is 12.2 Å². The highest BCUT2D eigenvalue weighted by Crippen LogP contribution is 2.11. The molecule has 0 fully saturated rings. The van der Waals surface area contributed by atoms with Crippen LogP contribution in [0, 0.1) is 0 Å². The molecule has 0 radical (unpaired) electrons. The third kappa shape index (κ3) is 17.3. The van der Waals surface area contributed by atoms with Gasteiger partial charge < -0.3 is 30.3 Å². The lowest BCUT2D eigenvalue weighted by Gasteiger charge is -2.25. The maximum absolute atomic E-state index is 11.7. The monoisotopic (exact) mass is 446 g/mol. The summed E-state index contributed by atoms with van der Waals surface area (Å²) in [4.78, 5) is 11.7. The van der Waals surface area contributed by atoms with Gasteiger partial charge in [-0.15, -0.1) is 0 Å². The number of carbonyl (C=O) groups is 1. The molecule has 0 saturated carbocycles. The van der Waals surface area contributed by atoms with E-state index in [9.17, 15) is 25.2 Å². The Balaban J connectivity index is 3.55. The van der Waals surface area contributed by atoms with Gasteiger partial charge in [0.25, 0.3) is 0 Å². The molecule has 184 valence electrons. The van der Waals surface area contributed by atoms with Gasteiger partial charge in [0.05, 0.1) is 6.61 Å². The number of hydrogen-bond acceptors (Lipinski definition) is 7. The molecule has 0 spiro atoms. The third-order valence-corrected chi connectivity index (χ3v) is 5.38. The summed E-state index contributed by atoms with van der Waals surface area (Å²) in [7, 11) is 0. The average molecular weight is 447 g/mol. The van der Waals surface area contributed by atoms with Gasteiger partial charge >= 0.3 is 5.97 Å². The van der Waals surface area contributed by atoms with Crippen molar-refractivity contribution < 1.29 is 35.1 Å². The smallest absolute Gasteiger partial charge is 0.305 e. The Labute approximate surface area is 188 Å². The fraction of sp³-hybridized carbons (Fsp3) is 0.875. The van der Waals surface area contributed by atoms with Gasteiger partial charge in [-0.25, -0.2) is 0 Å². The van der Waals surface area contributed by atoms with Crippen molar-refractivity contribution in [2.75, 3.05) is 13.2 Å². The number of allylic oxidation sites excluding steroid dienone is 2. The summed E-state index contributed by atoms with van der Waals surface area (Å²) in [5.74, 6) is -0.471. The molecule has 0 aromatic rings. The molecule has 0 rings (SSSR count).